The molecule has 122 valence electrons. The summed E-state index contributed by atoms with van der Waals surface area (Å²) < 4.78 is 5.14. The molecule has 1 aromatic heterocycles. The maximum Gasteiger partial charge on any atom is 0.224 e. The average molecular weight is 337 g/mol. The molecule has 0 bridgehead atoms. The van der Waals surface area contributed by atoms with Crippen molar-refractivity contribution < 1.29 is 9.53 Å². The monoisotopic (exact) mass is 337 g/mol. The van der Waals surface area contributed by atoms with Gasteiger partial charge in [-0.3, -0.25) is 4.79 Å². The van der Waals surface area contributed by atoms with Crippen LogP contribution in [0, 0.1) is 0 Å². The van der Waals surface area contributed by atoms with Crippen molar-refractivity contribution in [1.29, 1.82) is 0 Å². The van der Waals surface area contributed by atoms with Crippen LogP contribution in [0.25, 0.3) is 10.4 Å². The molecule has 0 radical (unpaired) electrons. The third-order valence-corrected chi connectivity index (χ3v) is 4.69. The number of aryl methyl sites for hydroxylation is 1. The summed E-state index contributed by atoms with van der Waals surface area (Å²) in [5.41, 5.74) is 3.04. The van der Waals surface area contributed by atoms with Gasteiger partial charge in [0, 0.05) is 22.5 Å². The molecule has 1 heterocycles. The van der Waals surface area contributed by atoms with Gasteiger partial charge in [0.15, 0.2) is 0 Å². The van der Waals surface area contributed by atoms with Gasteiger partial charge in [0.1, 0.15) is 5.75 Å². The summed E-state index contributed by atoms with van der Waals surface area (Å²) in [4.78, 5) is 13.5. The van der Waals surface area contributed by atoms with Gasteiger partial charge >= 0.3 is 0 Å². The normalized spacial score (nSPS) is 10.4. The van der Waals surface area contributed by atoms with Gasteiger partial charge in [0.05, 0.1) is 7.11 Å². The molecule has 2 aromatic carbocycles. The number of amides is 1. The maximum atomic E-state index is 12.3. The molecule has 0 saturated heterocycles. The van der Waals surface area contributed by atoms with Crippen molar-refractivity contribution in [1.82, 2.24) is 0 Å². The van der Waals surface area contributed by atoms with Crippen molar-refractivity contribution in [3.05, 3.63) is 71.6 Å². The third-order valence-electron chi connectivity index (χ3n) is 3.79. The van der Waals surface area contributed by atoms with E-state index in [0.29, 0.717) is 12.8 Å². The molecular formula is C20H19NO2S. The lowest BCUT2D eigenvalue weighted by atomic mass is 10.1. The van der Waals surface area contributed by atoms with Crippen LogP contribution in [0.4, 0.5) is 5.69 Å². The Morgan fingerprint density at radius 2 is 1.83 bits per heavy atom. The predicted molar refractivity (Wildman–Crippen MR) is 99.7 cm³/mol. The van der Waals surface area contributed by atoms with Crippen molar-refractivity contribution in [3.8, 4) is 16.2 Å². The van der Waals surface area contributed by atoms with Crippen molar-refractivity contribution >= 4 is 22.9 Å². The van der Waals surface area contributed by atoms with E-state index in [4.69, 9.17) is 4.74 Å². The molecule has 0 aliphatic heterocycles. The Balaban J connectivity index is 1.63. The number of anilines is 1. The Kier molecular flexibility index (Phi) is 5.29. The number of carbonyl (C=O) groups is 1. The smallest absolute Gasteiger partial charge is 0.224 e. The number of benzene rings is 2. The van der Waals surface area contributed by atoms with Gasteiger partial charge < -0.3 is 10.1 Å². The largest absolute Gasteiger partial charge is 0.497 e. The Morgan fingerprint density at radius 1 is 1.04 bits per heavy atom. The summed E-state index contributed by atoms with van der Waals surface area (Å²) in [6.07, 6.45) is 1.15. The summed E-state index contributed by atoms with van der Waals surface area (Å²) >= 11 is 1.67. The second-order valence-electron chi connectivity index (χ2n) is 5.42. The topological polar surface area (TPSA) is 38.3 Å². The maximum absolute atomic E-state index is 12.3. The molecule has 3 nitrogen and oxygen atoms in total. The Labute approximate surface area is 145 Å². The number of thiophene rings is 1. The molecule has 3 aromatic rings. The minimum atomic E-state index is 0.0230. The fraction of sp³-hybridized carbons (Fsp3) is 0.150. The van der Waals surface area contributed by atoms with Crippen molar-refractivity contribution in [3.63, 3.8) is 0 Å². The van der Waals surface area contributed by atoms with E-state index < -0.39 is 0 Å². The van der Waals surface area contributed by atoms with E-state index in [2.05, 4.69) is 11.4 Å². The van der Waals surface area contributed by atoms with Crippen LogP contribution in [0.5, 0.6) is 5.75 Å². The van der Waals surface area contributed by atoms with Crippen LogP contribution < -0.4 is 10.1 Å². The van der Waals surface area contributed by atoms with Crippen LogP contribution in [-0.2, 0) is 11.2 Å². The zero-order valence-electron chi connectivity index (χ0n) is 13.5. The minimum absolute atomic E-state index is 0.0230. The Hall–Kier alpha value is -2.59. The van der Waals surface area contributed by atoms with Gasteiger partial charge in [0.25, 0.3) is 0 Å². The van der Waals surface area contributed by atoms with Crippen LogP contribution in [0.15, 0.2) is 66.0 Å². The first-order valence-electron chi connectivity index (χ1n) is 7.82. The lowest BCUT2D eigenvalue weighted by molar-refractivity contribution is -0.116. The molecule has 3 rings (SSSR count). The summed E-state index contributed by atoms with van der Waals surface area (Å²) in [6, 6.07) is 19.8. The van der Waals surface area contributed by atoms with E-state index in [0.717, 1.165) is 27.4 Å². The number of rotatable bonds is 6. The first kappa shape index (κ1) is 16.3. The van der Waals surface area contributed by atoms with E-state index in [9.17, 15) is 4.79 Å². The minimum Gasteiger partial charge on any atom is -0.497 e. The van der Waals surface area contributed by atoms with E-state index in [1.165, 1.54) is 0 Å². The molecule has 0 spiro atoms. The lowest BCUT2D eigenvalue weighted by Crippen LogP contribution is -2.12. The molecule has 24 heavy (non-hydrogen) atoms. The van der Waals surface area contributed by atoms with Gasteiger partial charge in [-0.1, -0.05) is 36.4 Å². The highest BCUT2D eigenvalue weighted by molar-refractivity contribution is 7.13. The van der Waals surface area contributed by atoms with E-state index >= 15 is 0 Å². The number of hydrogen-bond donors (Lipinski definition) is 1. The van der Waals surface area contributed by atoms with Crippen LogP contribution >= 0.6 is 11.3 Å². The first-order valence-corrected chi connectivity index (χ1v) is 8.70. The number of hydrogen-bond acceptors (Lipinski definition) is 3. The highest BCUT2D eigenvalue weighted by Crippen LogP contribution is 2.31. The molecule has 0 aliphatic rings. The fourth-order valence-electron chi connectivity index (χ4n) is 2.50. The Bertz CT molecular complexity index is 795. The summed E-state index contributed by atoms with van der Waals surface area (Å²) in [5.74, 6) is 0.850. The lowest BCUT2D eigenvalue weighted by Gasteiger charge is -2.10. The number of ether oxygens (including phenoxy) is 1. The van der Waals surface area contributed by atoms with Crippen LogP contribution in [0.1, 0.15) is 12.0 Å². The number of nitrogens with one attached hydrogen (secondary N) is 1. The number of carbonyl (C=O) groups excluding carboxylic acids is 1. The third kappa shape index (κ3) is 4.03. The van der Waals surface area contributed by atoms with Crippen molar-refractivity contribution in [2.75, 3.05) is 12.4 Å². The summed E-state index contributed by atoms with van der Waals surface area (Å²) in [6.45, 7) is 0. The predicted octanol–water partition coefficient (Wildman–Crippen LogP) is 5.00. The quantitative estimate of drug-likeness (QED) is 0.688. The average Bonchev–Trinajstić information content (AvgIpc) is 3.15. The molecule has 0 unspecified atom stereocenters. The van der Waals surface area contributed by atoms with Crippen LogP contribution in [-0.4, -0.2) is 13.0 Å². The molecular weight excluding hydrogens is 318 g/mol. The highest BCUT2D eigenvalue weighted by Gasteiger charge is 2.09. The molecule has 0 atom stereocenters. The van der Waals surface area contributed by atoms with E-state index in [-0.39, 0.29) is 5.91 Å². The van der Waals surface area contributed by atoms with Gasteiger partial charge in [-0.15, -0.1) is 11.3 Å². The number of methoxy groups -OCH3 is 1. The first-order chi connectivity index (χ1) is 11.8. The summed E-state index contributed by atoms with van der Waals surface area (Å²) in [5, 5.41) is 5.07. The Morgan fingerprint density at radius 3 is 2.54 bits per heavy atom. The van der Waals surface area contributed by atoms with Gasteiger partial charge in [-0.05, 0) is 41.6 Å². The number of para-hydroxylation sites is 1. The van der Waals surface area contributed by atoms with E-state index in [1.807, 2.05) is 60.0 Å². The van der Waals surface area contributed by atoms with Crippen molar-refractivity contribution in [2.24, 2.45) is 0 Å². The molecule has 0 saturated carbocycles. The van der Waals surface area contributed by atoms with Gasteiger partial charge in [-0.25, -0.2) is 0 Å². The summed E-state index contributed by atoms with van der Waals surface area (Å²) in [7, 11) is 1.65. The highest BCUT2D eigenvalue weighted by atomic mass is 32.1. The van der Waals surface area contributed by atoms with Crippen molar-refractivity contribution in [2.45, 2.75) is 12.8 Å². The standard InChI is InChI=1S/C20H19NO2S/c1-23-16-11-8-15(9-12-16)10-13-20(22)21-18-6-3-2-5-17(18)19-7-4-14-24-19/h2-9,11-12,14H,10,13H2,1H3,(H,21,22). The zero-order chi connectivity index (χ0) is 16.8. The van der Waals surface area contributed by atoms with Gasteiger partial charge in [-0.2, -0.15) is 0 Å². The molecule has 1 amide bonds. The van der Waals surface area contributed by atoms with Crippen LogP contribution in [0.2, 0.25) is 0 Å². The molecule has 0 fully saturated rings. The molecule has 1 N–H and O–H groups in total. The zero-order valence-corrected chi connectivity index (χ0v) is 14.3. The fourth-order valence-corrected chi connectivity index (χ4v) is 3.27. The second-order valence-corrected chi connectivity index (χ2v) is 6.37. The van der Waals surface area contributed by atoms with E-state index in [1.54, 1.807) is 18.4 Å². The second kappa shape index (κ2) is 7.79. The molecule has 4 heteroatoms. The van der Waals surface area contributed by atoms with Crippen LogP contribution in [0.3, 0.4) is 0 Å². The molecule has 0 aliphatic carbocycles. The SMILES string of the molecule is COc1ccc(CCC(=O)Nc2ccccc2-c2cccs2)cc1. The van der Waals surface area contributed by atoms with Gasteiger partial charge in [0.2, 0.25) is 5.91 Å².